The number of hydrogen-bond acceptors (Lipinski definition) is 5. The van der Waals surface area contributed by atoms with E-state index in [4.69, 9.17) is 13.9 Å². The SMILES string of the molecule is CCCn1c(=NC(=O)c2ccco2)sc2c(OC)ccc(OC)c21. The number of hydrogen-bond donors (Lipinski definition) is 0. The first kappa shape index (κ1) is 16.3. The Morgan fingerprint density at radius 1 is 1.25 bits per heavy atom. The van der Waals surface area contributed by atoms with Crippen LogP contribution in [0.3, 0.4) is 0 Å². The summed E-state index contributed by atoms with van der Waals surface area (Å²) in [6.45, 7) is 2.79. The second-order valence-corrected chi connectivity index (χ2v) is 6.06. The molecule has 0 saturated heterocycles. The lowest BCUT2D eigenvalue weighted by molar-refractivity contribution is 0.0971. The molecule has 0 saturated carbocycles. The predicted octanol–water partition coefficient (Wildman–Crippen LogP) is 3.46. The molecule has 3 rings (SSSR count). The number of amides is 1. The third kappa shape index (κ3) is 2.82. The Bertz CT molecular complexity index is 922. The molecule has 24 heavy (non-hydrogen) atoms. The maximum atomic E-state index is 12.3. The first-order valence-corrected chi connectivity index (χ1v) is 8.38. The highest BCUT2D eigenvalue weighted by Gasteiger charge is 2.16. The molecule has 0 bridgehead atoms. The molecule has 0 spiro atoms. The first-order valence-electron chi connectivity index (χ1n) is 7.56. The van der Waals surface area contributed by atoms with Crippen molar-refractivity contribution in [3.63, 3.8) is 0 Å². The van der Waals surface area contributed by atoms with Crippen molar-refractivity contribution >= 4 is 27.5 Å². The number of carbonyl (C=O) groups excluding carboxylic acids is 1. The van der Waals surface area contributed by atoms with Crippen molar-refractivity contribution in [1.29, 1.82) is 0 Å². The summed E-state index contributed by atoms with van der Waals surface area (Å²) in [5.41, 5.74) is 0.884. The van der Waals surface area contributed by atoms with Crippen molar-refractivity contribution in [2.75, 3.05) is 14.2 Å². The minimum Gasteiger partial charge on any atom is -0.495 e. The topological polar surface area (TPSA) is 66.0 Å². The summed E-state index contributed by atoms with van der Waals surface area (Å²) in [5.74, 6) is 1.26. The van der Waals surface area contributed by atoms with E-state index >= 15 is 0 Å². The lowest BCUT2D eigenvalue weighted by Crippen LogP contribution is -2.17. The van der Waals surface area contributed by atoms with Crippen LogP contribution in [0, 0.1) is 0 Å². The van der Waals surface area contributed by atoms with Crippen LogP contribution in [-0.4, -0.2) is 24.7 Å². The molecule has 2 heterocycles. The zero-order valence-corrected chi connectivity index (χ0v) is 14.6. The molecule has 3 aromatic rings. The maximum absolute atomic E-state index is 12.3. The molecule has 1 amide bonds. The van der Waals surface area contributed by atoms with Crippen LogP contribution in [0.15, 0.2) is 39.9 Å². The highest BCUT2D eigenvalue weighted by molar-refractivity contribution is 7.16. The van der Waals surface area contributed by atoms with Gasteiger partial charge in [-0.25, -0.2) is 0 Å². The van der Waals surface area contributed by atoms with Crippen LogP contribution in [0.25, 0.3) is 10.2 Å². The normalized spacial score (nSPS) is 11.9. The summed E-state index contributed by atoms with van der Waals surface area (Å²) in [6, 6.07) is 6.98. The number of thiazole rings is 1. The van der Waals surface area contributed by atoms with Gasteiger partial charge in [-0.15, -0.1) is 0 Å². The smallest absolute Gasteiger partial charge is 0.315 e. The molecule has 6 nitrogen and oxygen atoms in total. The number of benzene rings is 1. The average Bonchev–Trinajstić information content (AvgIpc) is 3.23. The summed E-state index contributed by atoms with van der Waals surface area (Å²) in [7, 11) is 3.25. The van der Waals surface area contributed by atoms with Gasteiger partial charge in [0.15, 0.2) is 10.6 Å². The van der Waals surface area contributed by atoms with Gasteiger partial charge in [0.1, 0.15) is 21.7 Å². The van der Waals surface area contributed by atoms with Crippen molar-refractivity contribution < 1.29 is 18.7 Å². The third-order valence-electron chi connectivity index (χ3n) is 3.57. The molecular formula is C17H18N2O4S. The van der Waals surface area contributed by atoms with Crippen LogP contribution in [0.5, 0.6) is 11.5 Å². The van der Waals surface area contributed by atoms with E-state index < -0.39 is 5.91 Å². The Morgan fingerprint density at radius 2 is 2.00 bits per heavy atom. The average molecular weight is 346 g/mol. The number of methoxy groups -OCH3 is 2. The number of fused-ring (bicyclic) bond motifs is 1. The summed E-state index contributed by atoms with van der Waals surface area (Å²) in [6.07, 6.45) is 2.36. The van der Waals surface area contributed by atoms with Crippen molar-refractivity contribution in [2.45, 2.75) is 19.9 Å². The maximum Gasteiger partial charge on any atom is 0.315 e. The lowest BCUT2D eigenvalue weighted by atomic mass is 10.3. The number of furan rings is 1. The van der Waals surface area contributed by atoms with Gasteiger partial charge in [0.05, 0.1) is 20.5 Å². The summed E-state index contributed by atoms with van der Waals surface area (Å²) < 4.78 is 19.0. The molecule has 0 N–H and O–H groups in total. The standard InChI is InChI=1S/C17H18N2O4S/c1-4-9-19-14-11(21-2)7-8-12(22-3)15(14)24-17(19)18-16(20)13-6-5-10-23-13/h5-8,10H,4,9H2,1-3H3. The fourth-order valence-corrected chi connectivity index (χ4v) is 3.68. The third-order valence-corrected chi connectivity index (χ3v) is 4.66. The molecule has 0 radical (unpaired) electrons. The van der Waals surface area contributed by atoms with Crippen molar-refractivity contribution in [1.82, 2.24) is 4.57 Å². The zero-order chi connectivity index (χ0) is 17.1. The van der Waals surface area contributed by atoms with E-state index in [-0.39, 0.29) is 5.76 Å². The van der Waals surface area contributed by atoms with Gasteiger partial charge < -0.3 is 18.5 Å². The Kier molecular flexibility index (Phi) is 4.71. The number of aromatic nitrogens is 1. The molecular weight excluding hydrogens is 328 g/mol. The van der Waals surface area contributed by atoms with Gasteiger partial charge in [0.25, 0.3) is 0 Å². The van der Waals surface area contributed by atoms with E-state index in [9.17, 15) is 4.79 Å². The van der Waals surface area contributed by atoms with Gasteiger partial charge in [-0.1, -0.05) is 18.3 Å². The van der Waals surface area contributed by atoms with E-state index in [1.54, 1.807) is 26.4 Å². The second kappa shape index (κ2) is 6.92. The molecule has 0 atom stereocenters. The summed E-state index contributed by atoms with van der Waals surface area (Å²) in [5, 5.41) is 0. The van der Waals surface area contributed by atoms with Crippen molar-refractivity contribution in [3.05, 3.63) is 41.1 Å². The molecule has 0 aliphatic carbocycles. The van der Waals surface area contributed by atoms with Gasteiger partial charge in [-0.05, 0) is 30.7 Å². The number of carbonyl (C=O) groups is 1. The monoisotopic (exact) mass is 346 g/mol. The van der Waals surface area contributed by atoms with E-state index in [1.807, 2.05) is 16.7 Å². The van der Waals surface area contributed by atoms with Gasteiger partial charge in [0, 0.05) is 6.54 Å². The number of nitrogens with zero attached hydrogens (tertiary/aromatic N) is 2. The Balaban J connectivity index is 2.27. The highest BCUT2D eigenvalue weighted by atomic mass is 32.1. The van der Waals surface area contributed by atoms with E-state index in [0.29, 0.717) is 11.3 Å². The molecule has 1 aromatic carbocycles. The minimum atomic E-state index is -0.408. The Labute approximate surface area is 143 Å². The van der Waals surface area contributed by atoms with Crippen LogP contribution in [0.1, 0.15) is 23.9 Å². The highest BCUT2D eigenvalue weighted by Crippen LogP contribution is 2.35. The van der Waals surface area contributed by atoms with E-state index in [2.05, 4.69) is 11.9 Å². The van der Waals surface area contributed by atoms with Crippen LogP contribution in [0.4, 0.5) is 0 Å². The fourth-order valence-electron chi connectivity index (χ4n) is 2.51. The minimum absolute atomic E-state index is 0.217. The van der Waals surface area contributed by atoms with Crippen molar-refractivity contribution in [2.24, 2.45) is 4.99 Å². The summed E-state index contributed by atoms with van der Waals surface area (Å²) in [4.78, 5) is 17.1. The molecule has 2 aromatic heterocycles. The quantitative estimate of drug-likeness (QED) is 0.709. The zero-order valence-electron chi connectivity index (χ0n) is 13.7. The van der Waals surface area contributed by atoms with Gasteiger partial charge in [0.2, 0.25) is 0 Å². The molecule has 7 heteroatoms. The van der Waals surface area contributed by atoms with E-state index in [0.717, 1.165) is 28.1 Å². The molecule has 126 valence electrons. The Morgan fingerprint density at radius 3 is 2.62 bits per heavy atom. The molecule has 0 aliphatic rings. The van der Waals surface area contributed by atoms with Crippen LogP contribution in [-0.2, 0) is 6.54 Å². The van der Waals surface area contributed by atoms with Gasteiger partial charge >= 0.3 is 5.91 Å². The molecule has 0 aliphatic heterocycles. The van der Waals surface area contributed by atoms with E-state index in [1.165, 1.54) is 17.6 Å². The van der Waals surface area contributed by atoms with Crippen molar-refractivity contribution in [3.8, 4) is 11.5 Å². The number of rotatable bonds is 5. The largest absolute Gasteiger partial charge is 0.495 e. The fraction of sp³-hybridized carbons (Fsp3) is 0.294. The number of aryl methyl sites for hydroxylation is 1. The van der Waals surface area contributed by atoms with Crippen LogP contribution >= 0.6 is 11.3 Å². The molecule has 0 unspecified atom stereocenters. The van der Waals surface area contributed by atoms with Gasteiger partial charge in [-0.2, -0.15) is 4.99 Å². The number of ether oxygens (including phenoxy) is 2. The Hall–Kier alpha value is -2.54. The summed E-state index contributed by atoms with van der Waals surface area (Å²) >= 11 is 1.40. The lowest BCUT2D eigenvalue weighted by Gasteiger charge is -2.09. The predicted molar refractivity (Wildman–Crippen MR) is 91.8 cm³/mol. The van der Waals surface area contributed by atoms with Crippen LogP contribution < -0.4 is 14.3 Å². The molecule has 0 fully saturated rings. The van der Waals surface area contributed by atoms with Crippen LogP contribution in [0.2, 0.25) is 0 Å². The second-order valence-electron chi connectivity index (χ2n) is 5.08. The first-order chi connectivity index (χ1) is 11.7. The van der Waals surface area contributed by atoms with Gasteiger partial charge in [-0.3, -0.25) is 4.79 Å².